The van der Waals surface area contributed by atoms with Gasteiger partial charge in [-0.2, -0.15) is 0 Å². The van der Waals surface area contributed by atoms with E-state index >= 15 is 0 Å². The van der Waals surface area contributed by atoms with E-state index in [-0.39, 0.29) is 5.56 Å². The van der Waals surface area contributed by atoms with Gasteiger partial charge >= 0.3 is 0 Å². The molecule has 1 aliphatic rings. The Kier molecular flexibility index (Phi) is 6.12. The lowest BCUT2D eigenvalue weighted by Gasteiger charge is -2.35. The van der Waals surface area contributed by atoms with Crippen LogP contribution in [0.3, 0.4) is 0 Å². The van der Waals surface area contributed by atoms with Gasteiger partial charge in [0.15, 0.2) is 0 Å². The molecule has 118 valence electrons. The molecule has 1 saturated heterocycles. The zero-order valence-electron chi connectivity index (χ0n) is 13.0. The Balaban J connectivity index is 1.84. The van der Waals surface area contributed by atoms with Crippen LogP contribution in [0, 0.1) is 17.6 Å². The van der Waals surface area contributed by atoms with Crippen LogP contribution in [0.5, 0.6) is 0 Å². The van der Waals surface area contributed by atoms with Gasteiger partial charge in [0.2, 0.25) is 0 Å². The van der Waals surface area contributed by atoms with Crippen LogP contribution in [-0.2, 0) is 6.54 Å². The summed E-state index contributed by atoms with van der Waals surface area (Å²) in [5.74, 6) is -0.205. The quantitative estimate of drug-likeness (QED) is 0.863. The molecule has 0 bridgehead atoms. The van der Waals surface area contributed by atoms with Crippen molar-refractivity contribution in [3.8, 4) is 0 Å². The Morgan fingerprint density at radius 1 is 1.24 bits per heavy atom. The number of likely N-dealkylation sites (tertiary alicyclic amines) is 1. The molecule has 2 rings (SSSR count). The molecule has 1 aromatic carbocycles. The van der Waals surface area contributed by atoms with Crippen molar-refractivity contribution in [2.45, 2.75) is 45.7 Å². The summed E-state index contributed by atoms with van der Waals surface area (Å²) in [6.45, 7) is 7.68. The van der Waals surface area contributed by atoms with Gasteiger partial charge in [-0.15, -0.1) is 0 Å². The topological polar surface area (TPSA) is 15.3 Å². The first-order chi connectivity index (χ1) is 10.1. The molecule has 0 spiro atoms. The summed E-state index contributed by atoms with van der Waals surface area (Å²) >= 11 is 0. The molecular weight excluding hydrogens is 270 g/mol. The maximum atomic E-state index is 13.7. The fourth-order valence-corrected chi connectivity index (χ4v) is 3.06. The van der Waals surface area contributed by atoms with Crippen LogP contribution in [0.1, 0.15) is 38.7 Å². The van der Waals surface area contributed by atoms with E-state index in [1.165, 1.54) is 18.2 Å². The van der Waals surface area contributed by atoms with E-state index in [1.807, 2.05) is 0 Å². The van der Waals surface area contributed by atoms with E-state index in [1.54, 1.807) is 0 Å². The molecule has 1 atom stereocenters. The third-order valence-corrected chi connectivity index (χ3v) is 4.50. The van der Waals surface area contributed by atoms with Gasteiger partial charge in [-0.05, 0) is 63.9 Å². The standard InChI is InChI=1S/C17H26F2N2/c1-3-9-20-13(2)14-7-10-21(11-8-14)12-15-16(18)5-4-6-17(15)19/h4-6,13-14,20H,3,7-12H2,1-2H3. The summed E-state index contributed by atoms with van der Waals surface area (Å²) in [6.07, 6.45) is 3.33. The summed E-state index contributed by atoms with van der Waals surface area (Å²) in [5.41, 5.74) is 0.202. The van der Waals surface area contributed by atoms with Crippen molar-refractivity contribution in [1.82, 2.24) is 10.2 Å². The van der Waals surface area contributed by atoms with Crippen molar-refractivity contribution in [1.29, 1.82) is 0 Å². The molecule has 0 radical (unpaired) electrons. The van der Waals surface area contributed by atoms with Crippen LogP contribution in [0.2, 0.25) is 0 Å². The number of nitrogens with zero attached hydrogens (tertiary/aromatic N) is 1. The highest BCUT2D eigenvalue weighted by Gasteiger charge is 2.24. The fraction of sp³-hybridized carbons (Fsp3) is 0.647. The number of nitrogens with one attached hydrogen (secondary N) is 1. The zero-order chi connectivity index (χ0) is 15.2. The Hall–Kier alpha value is -1.00. The molecule has 1 aromatic rings. The third kappa shape index (κ3) is 4.48. The van der Waals surface area contributed by atoms with Crippen LogP contribution in [-0.4, -0.2) is 30.6 Å². The SMILES string of the molecule is CCCNC(C)C1CCN(Cc2c(F)cccc2F)CC1. The zero-order valence-corrected chi connectivity index (χ0v) is 13.0. The van der Waals surface area contributed by atoms with Crippen molar-refractivity contribution >= 4 is 0 Å². The molecule has 0 aliphatic carbocycles. The van der Waals surface area contributed by atoms with Gasteiger partial charge in [0, 0.05) is 18.2 Å². The molecular formula is C17H26F2N2. The van der Waals surface area contributed by atoms with Crippen molar-refractivity contribution in [3.05, 3.63) is 35.4 Å². The Bertz CT molecular complexity index is 422. The lowest BCUT2D eigenvalue weighted by atomic mass is 9.90. The summed E-state index contributed by atoms with van der Waals surface area (Å²) in [5, 5.41) is 3.55. The molecule has 1 aliphatic heterocycles. The smallest absolute Gasteiger partial charge is 0.130 e. The van der Waals surface area contributed by atoms with Crippen LogP contribution in [0.15, 0.2) is 18.2 Å². The largest absolute Gasteiger partial charge is 0.314 e. The number of halogens is 2. The van der Waals surface area contributed by atoms with E-state index in [2.05, 4.69) is 24.1 Å². The predicted molar refractivity (Wildman–Crippen MR) is 82.1 cm³/mol. The molecule has 2 nitrogen and oxygen atoms in total. The molecule has 1 heterocycles. The van der Waals surface area contributed by atoms with Gasteiger partial charge in [0.05, 0.1) is 0 Å². The Labute approximate surface area is 126 Å². The van der Waals surface area contributed by atoms with E-state index in [9.17, 15) is 8.78 Å². The van der Waals surface area contributed by atoms with Gasteiger partial charge in [-0.3, -0.25) is 4.90 Å². The molecule has 0 saturated carbocycles. The van der Waals surface area contributed by atoms with Crippen LogP contribution in [0.25, 0.3) is 0 Å². The average Bonchev–Trinajstić information content (AvgIpc) is 2.49. The monoisotopic (exact) mass is 296 g/mol. The molecule has 0 aromatic heterocycles. The maximum Gasteiger partial charge on any atom is 0.130 e. The predicted octanol–water partition coefficient (Wildman–Crippen LogP) is 3.56. The minimum absolute atomic E-state index is 0.202. The van der Waals surface area contributed by atoms with Crippen molar-refractivity contribution in [2.24, 2.45) is 5.92 Å². The number of piperidine rings is 1. The van der Waals surface area contributed by atoms with Crippen molar-refractivity contribution in [2.75, 3.05) is 19.6 Å². The number of rotatable bonds is 6. The average molecular weight is 296 g/mol. The second-order valence-corrected chi connectivity index (χ2v) is 6.06. The molecule has 1 unspecified atom stereocenters. The highest BCUT2D eigenvalue weighted by molar-refractivity contribution is 5.19. The van der Waals surface area contributed by atoms with E-state index in [4.69, 9.17) is 0 Å². The first kappa shape index (κ1) is 16.4. The number of hydrogen-bond acceptors (Lipinski definition) is 2. The summed E-state index contributed by atoms with van der Waals surface area (Å²) < 4.78 is 27.3. The van der Waals surface area contributed by atoms with E-state index in [0.29, 0.717) is 18.5 Å². The summed E-state index contributed by atoms with van der Waals surface area (Å²) in [4.78, 5) is 2.16. The lowest BCUT2D eigenvalue weighted by molar-refractivity contribution is 0.154. The highest BCUT2D eigenvalue weighted by Crippen LogP contribution is 2.23. The van der Waals surface area contributed by atoms with Crippen LogP contribution >= 0.6 is 0 Å². The van der Waals surface area contributed by atoms with Gasteiger partial charge in [-0.25, -0.2) is 8.78 Å². The van der Waals surface area contributed by atoms with Crippen LogP contribution < -0.4 is 5.32 Å². The number of hydrogen-bond donors (Lipinski definition) is 1. The van der Waals surface area contributed by atoms with Gasteiger partial charge in [0.1, 0.15) is 11.6 Å². The Morgan fingerprint density at radius 2 is 1.86 bits per heavy atom. The second-order valence-electron chi connectivity index (χ2n) is 6.06. The van der Waals surface area contributed by atoms with E-state index < -0.39 is 11.6 Å². The first-order valence-electron chi connectivity index (χ1n) is 8.00. The van der Waals surface area contributed by atoms with Crippen LogP contribution in [0.4, 0.5) is 8.78 Å². The second kappa shape index (κ2) is 7.85. The molecule has 0 amide bonds. The van der Waals surface area contributed by atoms with Gasteiger partial charge in [0.25, 0.3) is 0 Å². The minimum Gasteiger partial charge on any atom is -0.314 e. The van der Waals surface area contributed by atoms with Gasteiger partial charge < -0.3 is 5.32 Å². The summed E-state index contributed by atoms with van der Waals surface area (Å²) in [6, 6.07) is 4.61. The van der Waals surface area contributed by atoms with E-state index in [0.717, 1.165) is 38.9 Å². The number of benzene rings is 1. The highest BCUT2D eigenvalue weighted by atomic mass is 19.1. The minimum atomic E-state index is -0.435. The third-order valence-electron chi connectivity index (χ3n) is 4.50. The fourth-order valence-electron chi connectivity index (χ4n) is 3.06. The Morgan fingerprint density at radius 3 is 2.43 bits per heavy atom. The van der Waals surface area contributed by atoms with Crippen molar-refractivity contribution in [3.63, 3.8) is 0 Å². The van der Waals surface area contributed by atoms with Crippen molar-refractivity contribution < 1.29 is 8.78 Å². The molecule has 1 N–H and O–H groups in total. The normalized spacial score (nSPS) is 18.9. The summed E-state index contributed by atoms with van der Waals surface area (Å²) in [7, 11) is 0. The maximum absolute atomic E-state index is 13.7. The first-order valence-corrected chi connectivity index (χ1v) is 8.00. The molecule has 1 fully saturated rings. The lowest BCUT2D eigenvalue weighted by Crippen LogP contribution is -2.42. The molecule has 4 heteroatoms. The van der Waals surface area contributed by atoms with Gasteiger partial charge in [-0.1, -0.05) is 13.0 Å². The molecule has 21 heavy (non-hydrogen) atoms.